The van der Waals surface area contributed by atoms with Crippen LogP contribution in [0.2, 0.25) is 0 Å². The molecule has 5 heteroatoms. The minimum atomic E-state index is -0.0115. The molecule has 0 aliphatic rings. The zero-order valence-electron chi connectivity index (χ0n) is 11.1. The first-order valence-electron chi connectivity index (χ1n) is 6.40. The van der Waals surface area contributed by atoms with E-state index >= 15 is 0 Å². The Balaban J connectivity index is 1.97. The predicted octanol–water partition coefficient (Wildman–Crippen LogP) is 3.70. The molecule has 0 saturated heterocycles. The van der Waals surface area contributed by atoms with Crippen LogP contribution in [0.5, 0.6) is 0 Å². The van der Waals surface area contributed by atoms with Crippen molar-refractivity contribution in [2.45, 2.75) is 0 Å². The number of benzene rings is 1. The number of thiophene rings is 1. The highest BCUT2D eigenvalue weighted by molar-refractivity contribution is 7.12. The molecule has 104 valence electrons. The van der Waals surface area contributed by atoms with Gasteiger partial charge in [-0.05, 0) is 35.7 Å². The number of nitrogens with two attached hydrogens (primary N) is 1. The average molecular weight is 295 g/mol. The molecular formula is C16H13N3OS. The summed E-state index contributed by atoms with van der Waals surface area (Å²) in [7, 11) is 0. The lowest BCUT2D eigenvalue weighted by Gasteiger charge is -2.11. The van der Waals surface area contributed by atoms with E-state index in [1.807, 2.05) is 35.7 Å². The Kier molecular flexibility index (Phi) is 3.66. The van der Waals surface area contributed by atoms with E-state index in [-0.39, 0.29) is 5.78 Å². The van der Waals surface area contributed by atoms with Crippen molar-refractivity contribution in [2.24, 2.45) is 0 Å². The van der Waals surface area contributed by atoms with Crippen LogP contribution in [0.3, 0.4) is 0 Å². The van der Waals surface area contributed by atoms with Gasteiger partial charge in [0.05, 0.1) is 16.3 Å². The molecule has 0 spiro atoms. The molecule has 0 saturated carbocycles. The molecule has 0 amide bonds. The number of nitrogen functional groups attached to an aromatic ring is 1. The van der Waals surface area contributed by atoms with Gasteiger partial charge in [0.25, 0.3) is 0 Å². The molecular weight excluding hydrogens is 282 g/mol. The van der Waals surface area contributed by atoms with Crippen molar-refractivity contribution in [3.8, 4) is 0 Å². The van der Waals surface area contributed by atoms with Crippen LogP contribution in [0, 0.1) is 0 Å². The van der Waals surface area contributed by atoms with Crippen LogP contribution in [0.15, 0.2) is 60.1 Å². The minimum Gasteiger partial charge on any atom is -0.396 e. The molecule has 0 fully saturated rings. The van der Waals surface area contributed by atoms with Gasteiger partial charge in [-0.15, -0.1) is 11.3 Å². The third kappa shape index (κ3) is 2.78. The van der Waals surface area contributed by atoms with Gasteiger partial charge >= 0.3 is 0 Å². The highest BCUT2D eigenvalue weighted by Gasteiger charge is 2.14. The molecule has 0 atom stereocenters. The second kappa shape index (κ2) is 5.76. The Hall–Kier alpha value is -2.66. The fraction of sp³-hybridized carbons (Fsp3) is 0. The number of carbonyl (C=O) groups excluding carboxylic acids is 1. The summed E-state index contributed by atoms with van der Waals surface area (Å²) in [6.07, 6.45) is 1.66. The number of aromatic nitrogens is 1. The van der Waals surface area contributed by atoms with Crippen LogP contribution in [0.4, 0.5) is 17.2 Å². The third-order valence-corrected chi connectivity index (χ3v) is 3.88. The standard InChI is InChI=1S/C16H13N3OS/c17-12-6-3-9-18-16(12)19-13-7-2-1-5-11(13)15(20)14-8-4-10-21-14/h1-10H,17H2,(H,18,19). The van der Waals surface area contributed by atoms with Gasteiger partial charge in [0, 0.05) is 11.8 Å². The van der Waals surface area contributed by atoms with E-state index in [1.54, 1.807) is 24.4 Å². The first-order chi connectivity index (χ1) is 10.3. The molecule has 0 bridgehead atoms. The van der Waals surface area contributed by atoms with Gasteiger partial charge in [0.1, 0.15) is 0 Å². The van der Waals surface area contributed by atoms with Crippen molar-refractivity contribution < 1.29 is 4.79 Å². The molecule has 0 radical (unpaired) electrons. The predicted molar refractivity (Wildman–Crippen MR) is 86.1 cm³/mol. The number of anilines is 3. The normalized spacial score (nSPS) is 10.3. The van der Waals surface area contributed by atoms with Crippen molar-refractivity contribution in [1.82, 2.24) is 4.98 Å². The minimum absolute atomic E-state index is 0.0115. The van der Waals surface area contributed by atoms with Gasteiger partial charge in [-0.3, -0.25) is 4.79 Å². The van der Waals surface area contributed by atoms with Crippen molar-refractivity contribution >= 4 is 34.3 Å². The van der Waals surface area contributed by atoms with Gasteiger partial charge in [-0.25, -0.2) is 4.98 Å². The molecule has 2 heterocycles. The first-order valence-corrected chi connectivity index (χ1v) is 7.28. The summed E-state index contributed by atoms with van der Waals surface area (Å²) in [5.41, 5.74) is 7.72. The fourth-order valence-corrected chi connectivity index (χ4v) is 2.66. The molecule has 1 aromatic carbocycles. The maximum absolute atomic E-state index is 12.5. The monoisotopic (exact) mass is 295 g/mol. The molecule has 4 nitrogen and oxygen atoms in total. The summed E-state index contributed by atoms with van der Waals surface area (Å²) in [4.78, 5) is 17.4. The number of rotatable bonds is 4. The largest absolute Gasteiger partial charge is 0.396 e. The smallest absolute Gasteiger partial charge is 0.205 e. The summed E-state index contributed by atoms with van der Waals surface area (Å²) in [5, 5.41) is 5.02. The van der Waals surface area contributed by atoms with E-state index in [1.165, 1.54) is 11.3 Å². The number of hydrogen-bond acceptors (Lipinski definition) is 5. The number of ketones is 1. The van der Waals surface area contributed by atoms with Crippen LogP contribution in [-0.2, 0) is 0 Å². The first kappa shape index (κ1) is 13.3. The summed E-state index contributed by atoms with van der Waals surface area (Å²) in [6, 6.07) is 14.6. The van der Waals surface area contributed by atoms with Gasteiger partial charge in [0.2, 0.25) is 5.78 Å². The number of pyridine rings is 1. The van der Waals surface area contributed by atoms with Crippen molar-refractivity contribution in [2.75, 3.05) is 11.1 Å². The SMILES string of the molecule is Nc1cccnc1Nc1ccccc1C(=O)c1cccs1. The Morgan fingerprint density at radius 3 is 2.71 bits per heavy atom. The van der Waals surface area contributed by atoms with Gasteiger partial charge in [0.15, 0.2) is 5.82 Å². The van der Waals surface area contributed by atoms with Gasteiger partial charge in [-0.1, -0.05) is 18.2 Å². The van der Waals surface area contributed by atoms with Crippen molar-refractivity contribution in [1.29, 1.82) is 0 Å². The third-order valence-electron chi connectivity index (χ3n) is 3.01. The number of nitrogens with one attached hydrogen (secondary N) is 1. The van der Waals surface area contributed by atoms with E-state index < -0.39 is 0 Å². The number of para-hydroxylation sites is 1. The molecule has 2 aromatic heterocycles. The quantitative estimate of drug-likeness (QED) is 0.720. The summed E-state index contributed by atoms with van der Waals surface area (Å²) in [5.74, 6) is 0.534. The Morgan fingerprint density at radius 2 is 1.95 bits per heavy atom. The lowest BCUT2D eigenvalue weighted by molar-refractivity contribution is 0.104. The van der Waals surface area contributed by atoms with Crippen LogP contribution < -0.4 is 11.1 Å². The lowest BCUT2D eigenvalue weighted by atomic mass is 10.1. The van der Waals surface area contributed by atoms with E-state index in [2.05, 4.69) is 10.3 Å². The van der Waals surface area contributed by atoms with Crippen molar-refractivity contribution in [3.05, 3.63) is 70.5 Å². The number of nitrogens with zero attached hydrogens (tertiary/aromatic N) is 1. The van der Waals surface area contributed by atoms with Crippen LogP contribution >= 0.6 is 11.3 Å². The Morgan fingerprint density at radius 1 is 1.10 bits per heavy atom. The maximum Gasteiger partial charge on any atom is 0.205 e. The summed E-state index contributed by atoms with van der Waals surface area (Å²) >= 11 is 1.43. The van der Waals surface area contributed by atoms with E-state index in [9.17, 15) is 4.79 Å². The average Bonchev–Trinajstić information content (AvgIpc) is 3.04. The van der Waals surface area contributed by atoms with Gasteiger partial charge < -0.3 is 11.1 Å². The molecule has 0 aliphatic carbocycles. The van der Waals surface area contributed by atoms with E-state index in [0.717, 1.165) is 0 Å². The van der Waals surface area contributed by atoms with Gasteiger partial charge in [-0.2, -0.15) is 0 Å². The van der Waals surface area contributed by atoms with E-state index in [0.29, 0.717) is 27.6 Å². The maximum atomic E-state index is 12.5. The molecule has 21 heavy (non-hydrogen) atoms. The van der Waals surface area contributed by atoms with E-state index in [4.69, 9.17) is 5.73 Å². The zero-order chi connectivity index (χ0) is 14.7. The summed E-state index contributed by atoms with van der Waals surface area (Å²) in [6.45, 7) is 0. The summed E-state index contributed by atoms with van der Waals surface area (Å²) < 4.78 is 0. The molecule has 3 rings (SSSR count). The number of hydrogen-bond donors (Lipinski definition) is 2. The van der Waals surface area contributed by atoms with Crippen molar-refractivity contribution in [3.63, 3.8) is 0 Å². The van der Waals surface area contributed by atoms with Crippen LogP contribution in [0.25, 0.3) is 0 Å². The second-order valence-electron chi connectivity index (χ2n) is 4.42. The molecule has 3 N–H and O–H groups in total. The number of carbonyl (C=O) groups is 1. The van der Waals surface area contributed by atoms with Crippen LogP contribution in [0.1, 0.15) is 15.2 Å². The lowest BCUT2D eigenvalue weighted by Crippen LogP contribution is -2.05. The van der Waals surface area contributed by atoms with Crippen LogP contribution in [-0.4, -0.2) is 10.8 Å². The fourth-order valence-electron chi connectivity index (χ4n) is 1.98. The molecule has 3 aromatic rings. The molecule has 0 unspecified atom stereocenters. The molecule has 0 aliphatic heterocycles. The highest BCUT2D eigenvalue weighted by atomic mass is 32.1. The topological polar surface area (TPSA) is 68.0 Å². The Bertz CT molecular complexity index is 769. The zero-order valence-corrected chi connectivity index (χ0v) is 11.9. The highest BCUT2D eigenvalue weighted by Crippen LogP contribution is 2.26. The second-order valence-corrected chi connectivity index (χ2v) is 5.37. The Labute approximate surface area is 126 Å².